The molecule has 0 atom stereocenters. The number of amides is 1. The lowest BCUT2D eigenvalue weighted by atomic mass is 10.0. The number of hydrogen-bond acceptors (Lipinski definition) is 7. The van der Waals surface area contributed by atoms with Gasteiger partial charge in [0.2, 0.25) is 0 Å². The van der Waals surface area contributed by atoms with Crippen LogP contribution in [0.25, 0.3) is 6.08 Å². The number of anilines is 1. The number of rotatable bonds is 5. The highest BCUT2D eigenvalue weighted by atomic mass is 32.2. The average Bonchev–Trinajstić information content (AvgIpc) is 3.00. The molecule has 0 saturated carbocycles. The van der Waals surface area contributed by atoms with Crippen LogP contribution < -0.4 is 10.5 Å². The Morgan fingerprint density at radius 3 is 2.50 bits per heavy atom. The van der Waals surface area contributed by atoms with Crippen molar-refractivity contribution >= 4 is 46.1 Å². The minimum absolute atomic E-state index is 0.0353. The smallest absolute Gasteiger partial charge is 0.270 e. The Bertz CT molecular complexity index is 1000. The molecule has 1 aromatic heterocycles. The largest absolute Gasteiger partial charge is 0.378 e. The zero-order valence-corrected chi connectivity index (χ0v) is 19.4. The van der Waals surface area contributed by atoms with Crippen molar-refractivity contribution in [3.63, 3.8) is 0 Å². The minimum atomic E-state index is -0.287. The number of nitrogens with zero attached hydrogens (tertiary/aromatic N) is 4. The molecule has 160 valence electrons. The van der Waals surface area contributed by atoms with Crippen molar-refractivity contribution in [2.24, 2.45) is 0 Å². The van der Waals surface area contributed by atoms with Crippen LogP contribution in [0.3, 0.4) is 0 Å². The van der Waals surface area contributed by atoms with Gasteiger partial charge in [-0.25, -0.2) is 0 Å². The summed E-state index contributed by atoms with van der Waals surface area (Å²) < 4.78 is 7.69. The van der Waals surface area contributed by atoms with E-state index >= 15 is 0 Å². The molecule has 0 spiro atoms. The number of nitriles is 1. The predicted octanol–water partition coefficient (Wildman–Crippen LogP) is 2.88. The number of hydrogen-bond donors (Lipinski definition) is 0. The molecule has 2 aliphatic rings. The molecule has 7 nitrogen and oxygen atoms in total. The van der Waals surface area contributed by atoms with Crippen molar-refractivity contribution in [3.05, 3.63) is 31.9 Å². The summed E-state index contributed by atoms with van der Waals surface area (Å²) in [5.41, 5.74) is 1.15. The summed E-state index contributed by atoms with van der Waals surface area (Å²) in [5, 5.41) is 9.67. The summed E-state index contributed by atoms with van der Waals surface area (Å²) in [4.78, 5) is 30.3. The molecule has 0 N–H and O–H groups in total. The van der Waals surface area contributed by atoms with Crippen molar-refractivity contribution in [3.8, 4) is 6.07 Å². The Kier molecular flexibility index (Phi) is 7.01. The van der Waals surface area contributed by atoms with E-state index in [9.17, 15) is 14.9 Å². The maximum Gasteiger partial charge on any atom is 0.270 e. The molecule has 0 aromatic carbocycles. The van der Waals surface area contributed by atoms with Crippen LogP contribution in [-0.4, -0.2) is 52.0 Å². The molecule has 1 amide bonds. The number of carbonyl (C=O) groups is 1. The first kappa shape index (κ1) is 22.5. The van der Waals surface area contributed by atoms with Gasteiger partial charge in [-0.3, -0.25) is 19.1 Å². The van der Waals surface area contributed by atoms with Crippen LogP contribution in [0.1, 0.15) is 43.9 Å². The van der Waals surface area contributed by atoms with Gasteiger partial charge in [-0.15, -0.1) is 0 Å². The molecule has 3 rings (SSSR count). The van der Waals surface area contributed by atoms with Gasteiger partial charge in [-0.05, 0) is 38.8 Å². The van der Waals surface area contributed by atoms with E-state index in [2.05, 4.69) is 11.0 Å². The maximum absolute atomic E-state index is 13.1. The summed E-state index contributed by atoms with van der Waals surface area (Å²) in [6.07, 6.45) is 2.55. The first-order chi connectivity index (χ1) is 14.3. The van der Waals surface area contributed by atoms with E-state index in [1.165, 1.54) is 11.8 Å². The number of pyridine rings is 1. The highest BCUT2D eigenvalue weighted by Gasteiger charge is 2.34. The second-order valence-corrected chi connectivity index (χ2v) is 9.23. The number of thioether (sulfide) groups is 1. The molecule has 30 heavy (non-hydrogen) atoms. The van der Waals surface area contributed by atoms with Crippen LogP contribution in [0.15, 0.2) is 9.70 Å². The van der Waals surface area contributed by atoms with E-state index in [-0.39, 0.29) is 23.1 Å². The predicted molar refractivity (Wildman–Crippen MR) is 124 cm³/mol. The Morgan fingerprint density at radius 1 is 1.30 bits per heavy atom. The average molecular weight is 447 g/mol. The number of ether oxygens (including phenoxy) is 1. The maximum atomic E-state index is 13.1. The van der Waals surface area contributed by atoms with E-state index in [1.807, 2.05) is 20.8 Å². The zero-order valence-electron chi connectivity index (χ0n) is 17.7. The molecular weight excluding hydrogens is 420 g/mol. The van der Waals surface area contributed by atoms with Gasteiger partial charge < -0.3 is 9.64 Å². The first-order valence-electron chi connectivity index (χ1n) is 10.1. The third kappa shape index (κ3) is 4.04. The number of carbonyl (C=O) groups excluding carboxylic acids is 1. The fourth-order valence-corrected chi connectivity index (χ4v) is 5.25. The SMILES string of the molecule is CCCn1c(N2CCOCC2)c(/C=C2/SC(=S)N(C(C)C)C2=O)c(C)c(C#N)c1=O. The summed E-state index contributed by atoms with van der Waals surface area (Å²) in [5.74, 6) is 0.607. The van der Waals surface area contributed by atoms with E-state index < -0.39 is 0 Å². The Balaban J connectivity index is 2.26. The Morgan fingerprint density at radius 2 is 1.97 bits per heavy atom. The second kappa shape index (κ2) is 9.33. The third-order valence-electron chi connectivity index (χ3n) is 5.22. The fraction of sp³-hybridized carbons (Fsp3) is 0.524. The monoisotopic (exact) mass is 446 g/mol. The molecule has 0 unspecified atom stereocenters. The van der Waals surface area contributed by atoms with Gasteiger partial charge >= 0.3 is 0 Å². The number of thiocarbonyl (C=S) groups is 1. The van der Waals surface area contributed by atoms with Gasteiger partial charge in [0.25, 0.3) is 11.5 Å². The standard InChI is InChI=1S/C21H26N4O3S2/c1-5-6-24-18(23-7-9-28-10-8-23)15(14(4)16(12-22)19(24)26)11-17-20(27)25(13(2)3)21(29)30-17/h11,13H,5-10H2,1-4H3/b17-11+. The molecule has 1 aromatic rings. The minimum Gasteiger partial charge on any atom is -0.378 e. The van der Waals surface area contributed by atoms with E-state index in [0.29, 0.717) is 47.6 Å². The van der Waals surface area contributed by atoms with Crippen molar-refractivity contribution in [1.29, 1.82) is 5.26 Å². The quantitative estimate of drug-likeness (QED) is 0.508. The van der Waals surface area contributed by atoms with Crippen LogP contribution in [0.5, 0.6) is 0 Å². The van der Waals surface area contributed by atoms with Crippen LogP contribution in [-0.2, 0) is 16.1 Å². The lowest BCUT2D eigenvalue weighted by Gasteiger charge is -2.33. The van der Waals surface area contributed by atoms with E-state index in [1.54, 1.807) is 22.5 Å². The van der Waals surface area contributed by atoms with Crippen LogP contribution >= 0.6 is 24.0 Å². The summed E-state index contributed by atoms with van der Waals surface area (Å²) in [7, 11) is 0. The topological polar surface area (TPSA) is 78.6 Å². The molecule has 2 aliphatic heterocycles. The third-order valence-corrected chi connectivity index (χ3v) is 6.55. The zero-order chi connectivity index (χ0) is 22.0. The first-order valence-corrected chi connectivity index (χ1v) is 11.3. The molecule has 2 saturated heterocycles. The van der Waals surface area contributed by atoms with Crippen molar-refractivity contribution in [2.75, 3.05) is 31.2 Å². The van der Waals surface area contributed by atoms with Crippen LogP contribution in [0.4, 0.5) is 5.82 Å². The van der Waals surface area contributed by atoms with Gasteiger partial charge in [0.05, 0.1) is 18.1 Å². The lowest BCUT2D eigenvalue weighted by Crippen LogP contribution is -2.41. The number of aromatic nitrogens is 1. The van der Waals surface area contributed by atoms with Gasteiger partial charge in [0.15, 0.2) is 0 Å². The highest BCUT2D eigenvalue weighted by Crippen LogP contribution is 2.36. The lowest BCUT2D eigenvalue weighted by molar-refractivity contribution is -0.123. The van der Waals surface area contributed by atoms with Gasteiger partial charge in [0.1, 0.15) is 21.8 Å². The Hall–Kier alpha value is -2.15. The molecule has 0 bridgehead atoms. The molecule has 9 heteroatoms. The Labute approximate surface area is 186 Å². The van der Waals surface area contributed by atoms with Gasteiger partial charge in [-0.1, -0.05) is 30.9 Å². The second-order valence-electron chi connectivity index (χ2n) is 7.55. The molecule has 0 radical (unpaired) electrons. The van der Waals surface area contributed by atoms with Crippen LogP contribution in [0.2, 0.25) is 0 Å². The van der Waals surface area contributed by atoms with E-state index in [0.717, 1.165) is 17.8 Å². The summed E-state index contributed by atoms with van der Waals surface area (Å²) >= 11 is 6.67. The fourth-order valence-electron chi connectivity index (χ4n) is 3.75. The molecule has 0 aliphatic carbocycles. The molecule has 3 heterocycles. The normalized spacial score (nSPS) is 18.6. The summed E-state index contributed by atoms with van der Waals surface area (Å²) in [6, 6.07) is 2.04. The van der Waals surface area contributed by atoms with Crippen molar-refractivity contribution in [1.82, 2.24) is 9.47 Å². The molecule has 2 fully saturated rings. The van der Waals surface area contributed by atoms with Gasteiger partial charge in [0, 0.05) is 31.2 Å². The van der Waals surface area contributed by atoms with E-state index in [4.69, 9.17) is 17.0 Å². The van der Waals surface area contributed by atoms with Crippen molar-refractivity contribution < 1.29 is 9.53 Å². The molecular formula is C21H26N4O3S2. The highest BCUT2D eigenvalue weighted by molar-refractivity contribution is 8.26. The van der Waals surface area contributed by atoms with Crippen LogP contribution in [0, 0.1) is 18.3 Å². The summed E-state index contributed by atoms with van der Waals surface area (Å²) in [6.45, 7) is 10.5. The van der Waals surface area contributed by atoms with Gasteiger partial charge in [-0.2, -0.15) is 5.26 Å². The number of morpholine rings is 1. The van der Waals surface area contributed by atoms with Crippen molar-refractivity contribution in [2.45, 2.75) is 46.7 Å².